The van der Waals surface area contributed by atoms with Crippen LogP contribution in [0.4, 0.5) is 5.69 Å². The van der Waals surface area contributed by atoms with Gasteiger partial charge in [-0.3, -0.25) is 4.79 Å². The molecule has 0 aliphatic carbocycles. The van der Waals surface area contributed by atoms with Gasteiger partial charge in [0.25, 0.3) is 0 Å². The van der Waals surface area contributed by atoms with Gasteiger partial charge in [-0.1, -0.05) is 12.1 Å². The van der Waals surface area contributed by atoms with Crippen molar-refractivity contribution in [3.05, 3.63) is 29.3 Å². The molecule has 0 bridgehead atoms. The summed E-state index contributed by atoms with van der Waals surface area (Å²) < 4.78 is 0. The SMILES string of the molecule is Cc1ccc(C)c(N2CCN(C)C(=O)C2)c1. The van der Waals surface area contributed by atoms with Crippen LogP contribution >= 0.6 is 0 Å². The molecule has 2 rings (SSSR count). The molecule has 0 atom stereocenters. The van der Waals surface area contributed by atoms with Crippen molar-refractivity contribution in [1.82, 2.24) is 4.90 Å². The van der Waals surface area contributed by atoms with Gasteiger partial charge in [-0.05, 0) is 31.0 Å². The fourth-order valence-corrected chi connectivity index (χ4v) is 2.02. The van der Waals surface area contributed by atoms with Crippen LogP contribution in [0.25, 0.3) is 0 Å². The Balaban J connectivity index is 2.24. The van der Waals surface area contributed by atoms with Crippen LogP contribution in [0.15, 0.2) is 18.2 Å². The molecule has 86 valence electrons. The lowest BCUT2D eigenvalue weighted by molar-refractivity contribution is -0.129. The summed E-state index contributed by atoms with van der Waals surface area (Å²) >= 11 is 0. The lowest BCUT2D eigenvalue weighted by Crippen LogP contribution is -2.48. The molecule has 1 aliphatic rings. The Morgan fingerprint density at radius 1 is 1.19 bits per heavy atom. The maximum Gasteiger partial charge on any atom is 0.241 e. The summed E-state index contributed by atoms with van der Waals surface area (Å²) in [7, 11) is 1.86. The molecule has 1 aromatic rings. The lowest BCUT2D eigenvalue weighted by Gasteiger charge is -2.34. The molecule has 1 fully saturated rings. The fraction of sp³-hybridized carbons (Fsp3) is 0.462. The zero-order valence-electron chi connectivity index (χ0n) is 10.2. The maximum atomic E-state index is 11.7. The van der Waals surface area contributed by atoms with Crippen molar-refractivity contribution in [2.75, 3.05) is 31.6 Å². The molecule has 1 aliphatic heterocycles. The molecular weight excluding hydrogens is 200 g/mol. The number of piperazine rings is 1. The van der Waals surface area contributed by atoms with Crippen molar-refractivity contribution in [3.63, 3.8) is 0 Å². The van der Waals surface area contributed by atoms with Crippen LogP contribution in [0.2, 0.25) is 0 Å². The first-order chi connectivity index (χ1) is 7.58. The van der Waals surface area contributed by atoms with Gasteiger partial charge in [0, 0.05) is 25.8 Å². The smallest absolute Gasteiger partial charge is 0.241 e. The summed E-state index contributed by atoms with van der Waals surface area (Å²) in [4.78, 5) is 15.6. The van der Waals surface area contributed by atoms with Crippen LogP contribution in [0, 0.1) is 13.8 Å². The van der Waals surface area contributed by atoms with Gasteiger partial charge in [0.05, 0.1) is 6.54 Å². The zero-order chi connectivity index (χ0) is 11.7. The van der Waals surface area contributed by atoms with Crippen molar-refractivity contribution in [3.8, 4) is 0 Å². The molecule has 16 heavy (non-hydrogen) atoms. The van der Waals surface area contributed by atoms with Gasteiger partial charge in [0.1, 0.15) is 0 Å². The molecular formula is C13H18N2O. The standard InChI is InChI=1S/C13H18N2O/c1-10-4-5-11(2)12(8-10)15-7-6-14(3)13(16)9-15/h4-5,8H,6-7,9H2,1-3H3. The minimum absolute atomic E-state index is 0.201. The highest BCUT2D eigenvalue weighted by atomic mass is 16.2. The number of rotatable bonds is 1. The predicted octanol–water partition coefficient (Wildman–Crippen LogP) is 1.58. The van der Waals surface area contributed by atoms with Crippen molar-refractivity contribution < 1.29 is 4.79 Å². The number of nitrogens with zero attached hydrogens (tertiary/aromatic N) is 2. The average molecular weight is 218 g/mol. The highest BCUT2D eigenvalue weighted by molar-refractivity contribution is 5.83. The molecule has 3 heteroatoms. The van der Waals surface area contributed by atoms with Crippen molar-refractivity contribution in [2.45, 2.75) is 13.8 Å². The molecule has 0 N–H and O–H groups in total. The first kappa shape index (κ1) is 11.0. The lowest BCUT2D eigenvalue weighted by atomic mass is 10.1. The first-order valence-corrected chi connectivity index (χ1v) is 5.64. The van der Waals surface area contributed by atoms with Crippen molar-refractivity contribution in [2.24, 2.45) is 0 Å². The summed E-state index contributed by atoms with van der Waals surface area (Å²) in [5.41, 5.74) is 3.68. The van der Waals surface area contributed by atoms with Gasteiger partial charge < -0.3 is 9.80 Å². The van der Waals surface area contributed by atoms with E-state index in [2.05, 4.69) is 36.9 Å². The molecule has 0 unspecified atom stereocenters. The molecule has 1 heterocycles. The summed E-state index contributed by atoms with van der Waals surface area (Å²) in [6.07, 6.45) is 0. The Kier molecular flexibility index (Phi) is 2.86. The fourth-order valence-electron chi connectivity index (χ4n) is 2.02. The topological polar surface area (TPSA) is 23.6 Å². The normalized spacial score (nSPS) is 16.8. The van der Waals surface area contributed by atoms with Gasteiger partial charge >= 0.3 is 0 Å². The summed E-state index contributed by atoms with van der Waals surface area (Å²) in [5, 5.41) is 0. The number of anilines is 1. The molecule has 1 aromatic carbocycles. The van der Waals surface area contributed by atoms with Crippen LogP contribution in [0.5, 0.6) is 0 Å². The molecule has 0 radical (unpaired) electrons. The Hall–Kier alpha value is -1.51. The molecule has 1 amide bonds. The molecule has 3 nitrogen and oxygen atoms in total. The first-order valence-electron chi connectivity index (χ1n) is 5.64. The zero-order valence-corrected chi connectivity index (χ0v) is 10.2. The van der Waals surface area contributed by atoms with Crippen LogP contribution in [-0.4, -0.2) is 37.5 Å². The van der Waals surface area contributed by atoms with E-state index in [0.717, 1.165) is 13.1 Å². The highest BCUT2D eigenvalue weighted by Crippen LogP contribution is 2.22. The van der Waals surface area contributed by atoms with E-state index in [-0.39, 0.29) is 5.91 Å². The third-order valence-electron chi connectivity index (χ3n) is 3.16. The number of hydrogen-bond donors (Lipinski definition) is 0. The minimum Gasteiger partial charge on any atom is -0.360 e. The minimum atomic E-state index is 0.201. The van der Waals surface area contributed by atoms with E-state index in [1.54, 1.807) is 4.90 Å². The number of hydrogen-bond acceptors (Lipinski definition) is 2. The Labute approximate surface area is 96.7 Å². The Morgan fingerprint density at radius 2 is 1.94 bits per heavy atom. The molecule has 0 saturated carbocycles. The van der Waals surface area contributed by atoms with E-state index in [9.17, 15) is 4.79 Å². The van der Waals surface area contributed by atoms with Crippen LogP contribution in [-0.2, 0) is 4.79 Å². The number of carbonyl (C=O) groups is 1. The van der Waals surface area contributed by atoms with E-state index >= 15 is 0 Å². The third kappa shape index (κ3) is 2.03. The molecule has 1 saturated heterocycles. The maximum absolute atomic E-state index is 11.7. The van der Waals surface area contributed by atoms with E-state index in [0.29, 0.717) is 6.54 Å². The monoisotopic (exact) mass is 218 g/mol. The summed E-state index contributed by atoms with van der Waals surface area (Å²) in [6.45, 7) is 6.41. The number of likely N-dealkylation sites (N-methyl/N-ethyl adjacent to an activating group) is 1. The van der Waals surface area contributed by atoms with E-state index in [4.69, 9.17) is 0 Å². The molecule has 0 spiro atoms. The van der Waals surface area contributed by atoms with E-state index in [1.165, 1.54) is 16.8 Å². The summed E-state index contributed by atoms with van der Waals surface area (Å²) in [5.74, 6) is 0.201. The van der Waals surface area contributed by atoms with E-state index in [1.807, 2.05) is 7.05 Å². The molecule has 0 aromatic heterocycles. The van der Waals surface area contributed by atoms with Gasteiger partial charge in [0.15, 0.2) is 0 Å². The third-order valence-corrected chi connectivity index (χ3v) is 3.16. The predicted molar refractivity (Wildman–Crippen MR) is 65.8 cm³/mol. The quantitative estimate of drug-likeness (QED) is 0.714. The Bertz CT molecular complexity index is 414. The Morgan fingerprint density at radius 3 is 2.62 bits per heavy atom. The van der Waals surface area contributed by atoms with Crippen LogP contribution in [0.1, 0.15) is 11.1 Å². The number of carbonyl (C=O) groups excluding carboxylic acids is 1. The van der Waals surface area contributed by atoms with Crippen LogP contribution in [0.3, 0.4) is 0 Å². The van der Waals surface area contributed by atoms with Crippen LogP contribution < -0.4 is 4.90 Å². The van der Waals surface area contributed by atoms with Gasteiger partial charge in [-0.2, -0.15) is 0 Å². The second-order valence-corrected chi connectivity index (χ2v) is 4.53. The van der Waals surface area contributed by atoms with E-state index < -0.39 is 0 Å². The van der Waals surface area contributed by atoms with Gasteiger partial charge in [-0.15, -0.1) is 0 Å². The van der Waals surface area contributed by atoms with Crippen molar-refractivity contribution in [1.29, 1.82) is 0 Å². The highest BCUT2D eigenvalue weighted by Gasteiger charge is 2.21. The van der Waals surface area contributed by atoms with Gasteiger partial charge in [0.2, 0.25) is 5.91 Å². The second-order valence-electron chi connectivity index (χ2n) is 4.53. The summed E-state index contributed by atoms with van der Waals surface area (Å²) in [6, 6.07) is 6.39. The second kappa shape index (κ2) is 4.16. The average Bonchev–Trinajstić information content (AvgIpc) is 2.26. The number of aryl methyl sites for hydroxylation is 2. The van der Waals surface area contributed by atoms with Gasteiger partial charge in [-0.25, -0.2) is 0 Å². The van der Waals surface area contributed by atoms with Crippen molar-refractivity contribution >= 4 is 11.6 Å². The number of amides is 1. The number of benzene rings is 1. The largest absolute Gasteiger partial charge is 0.360 e.